The maximum Gasteiger partial charge on any atom is 0.225 e. The van der Waals surface area contributed by atoms with Gasteiger partial charge in [-0.15, -0.1) is 11.3 Å². The van der Waals surface area contributed by atoms with E-state index in [4.69, 9.17) is 4.74 Å². The Kier molecular flexibility index (Phi) is 3.57. The van der Waals surface area contributed by atoms with E-state index in [0.717, 1.165) is 10.2 Å². The van der Waals surface area contributed by atoms with E-state index in [1.54, 1.807) is 13.1 Å². The molecule has 0 fully saturated rings. The Hall–Kier alpha value is -2.41. The van der Waals surface area contributed by atoms with Gasteiger partial charge < -0.3 is 15.4 Å². The lowest BCUT2D eigenvalue weighted by Crippen LogP contribution is -2.02. The highest BCUT2D eigenvalue weighted by atomic mass is 32.1. The minimum Gasteiger partial charge on any atom is -0.494 e. The fourth-order valence-electron chi connectivity index (χ4n) is 1.96. The van der Waals surface area contributed by atoms with Crippen LogP contribution in [0, 0.1) is 5.82 Å². The largest absolute Gasteiger partial charge is 0.494 e. The number of nitrogens with zero attached hydrogens (tertiary/aromatic N) is 2. The Balaban J connectivity index is 2.07. The minimum absolute atomic E-state index is 0.350. The van der Waals surface area contributed by atoms with Crippen molar-refractivity contribution in [2.75, 3.05) is 24.8 Å². The molecule has 108 valence electrons. The highest BCUT2D eigenvalue weighted by Gasteiger charge is 2.11. The zero-order chi connectivity index (χ0) is 14.8. The summed E-state index contributed by atoms with van der Waals surface area (Å²) in [5, 5.41) is 8.96. The molecule has 0 aliphatic heterocycles. The number of thiophene rings is 1. The van der Waals surface area contributed by atoms with Crippen molar-refractivity contribution >= 4 is 39.0 Å². The van der Waals surface area contributed by atoms with Crippen LogP contribution in [0.5, 0.6) is 5.75 Å². The first kappa shape index (κ1) is 13.6. The first-order chi connectivity index (χ1) is 10.2. The summed E-state index contributed by atoms with van der Waals surface area (Å²) in [7, 11) is 3.26. The Morgan fingerprint density at radius 3 is 2.86 bits per heavy atom. The van der Waals surface area contributed by atoms with Crippen LogP contribution in [0.25, 0.3) is 10.2 Å². The number of aromatic nitrogens is 2. The fraction of sp³-hybridized carbons (Fsp3) is 0.143. The number of hydrogen-bond donors (Lipinski definition) is 2. The lowest BCUT2D eigenvalue weighted by molar-refractivity contribution is 0.413. The summed E-state index contributed by atoms with van der Waals surface area (Å²) in [6.07, 6.45) is 0. The summed E-state index contributed by atoms with van der Waals surface area (Å²) in [5.74, 6) is 1.24. The number of rotatable bonds is 4. The van der Waals surface area contributed by atoms with E-state index in [0.29, 0.717) is 23.2 Å². The first-order valence-corrected chi connectivity index (χ1v) is 7.13. The van der Waals surface area contributed by atoms with Crippen molar-refractivity contribution in [3.8, 4) is 5.75 Å². The topological polar surface area (TPSA) is 59.1 Å². The molecule has 0 radical (unpaired) electrons. The molecule has 0 saturated heterocycles. The number of benzene rings is 1. The molecule has 2 N–H and O–H groups in total. The summed E-state index contributed by atoms with van der Waals surface area (Å²) < 4.78 is 18.4. The number of fused-ring (bicyclic) bond motifs is 1. The third-order valence-electron chi connectivity index (χ3n) is 2.97. The molecule has 0 spiro atoms. The van der Waals surface area contributed by atoms with Gasteiger partial charge in [0.05, 0.1) is 18.2 Å². The molecular weight excluding hydrogens is 291 g/mol. The van der Waals surface area contributed by atoms with E-state index in [9.17, 15) is 4.39 Å². The highest BCUT2D eigenvalue weighted by Crippen LogP contribution is 2.32. The Labute approximate surface area is 124 Å². The predicted molar refractivity (Wildman–Crippen MR) is 83.2 cm³/mol. The number of ether oxygens (including phenoxy) is 1. The van der Waals surface area contributed by atoms with Crippen molar-refractivity contribution in [3.05, 3.63) is 35.5 Å². The van der Waals surface area contributed by atoms with Gasteiger partial charge in [-0.2, -0.15) is 4.98 Å². The van der Waals surface area contributed by atoms with Gasteiger partial charge in [0.15, 0.2) is 0 Å². The molecule has 7 heteroatoms. The number of methoxy groups -OCH3 is 1. The van der Waals surface area contributed by atoms with Gasteiger partial charge in [0, 0.05) is 13.1 Å². The average molecular weight is 304 g/mol. The van der Waals surface area contributed by atoms with Crippen molar-refractivity contribution in [2.24, 2.45) is 0 Å². The lowest BCUT2D eigenvalue weighted by Gasteiger charge is -2.12. The molecule has 0 unspecified atom stereocenters. The molecule has 21 heavy (non-hydrogen) atoms. The molecule has 0 bridgehead atoms. The van der Waals surface area contributed by atoms with E-state index in [1.165, 1.54) is 30.6 Å². The molecule has 3 rings (SSSR count). The molecule has 3 aromatic rings. The second-order valence-corrected chi connectivity index (χ2v) is 5.15. The summed E-state index contributed by atoms with van der Waals surface area (Å²) in [6, 6.07) is 6.26. The standard InChI is InChI=1S/C14H13FN4OS/c1-16-14-18-12(9-5-6-21-13(9)19-14)17-10-4-3-8(15)7-11(10)20-2/h3-7H,1-2H3,(H2,16,17,18,19). The fourth-order valence-corrected chi connectivity index (χ4v) is 2.72. The van der Waals surface area contributed by atoms with Gasteiger partial charge in [-0.1, -0.05) is 0 Å². The molecule has 1 aromatic carbocycles. The van der Waals surface area contributed by atoms with Crippen LogP contribution in [0.3, 0.4) is 0 Å². The second kappa shape index (κ2) is 5.53. The van der Waals surface area contributed by atoms with Crippen LogP contribution in [0.15, 0.2) is 29.6 Å². The summed E-state index contributed by atoms with van der Waals surface area (Å²) >= 11 is 1.53. The van der Waals surface area contributed by atoms with E-state index in [2.05, 4.69) is 20.6 Å². The van der Waals surface area contributed by atoms with Gasteiger partial charge in [0.25, 0.3) is 0 Å². The van der Waals surface area contributed by atoms with Gasteiger partial charge in [-0.05, 0) is 23.6 Å². The summed E-state index contributed by atoms with van der Waals surface area (Å²) in [5.41, 5.74) is 0.646. The van der Waals surface area contributed by atoms with E-state index in [-0.39, 0.29) is 5.82 Å². The zero-order valence-corrected chi connectivity index (χ0v) is 12.3. The monoisotopic (exact) mass is 304 g/mol. The third kappa shape index (κ3) is 2.59. The molecule has 5 nitrogen and oxygen atoms in total. The molecule has 2 heterocycles. The van der Waals surface area contributed by atoms with Gasteiger partial charge in [-0.25, -0.2) is 9.37 Å². The average Bonchev–Trinajstić information content (AvgIpc) is 2.97. The van der Waals surface area contributed by atoms with E-state index in [1.807, 2.05) is 11.4 Å². The Morgan fingerprint density at radius 1 is 1.24 bits per heavy atom. The van der Waals surface area contributed by atoms with Crippen molar-refractivity contribution < 1.29 is 9.13 Å². The van der Waals surface area contributed by atoms with Crippen molar-refractivity contribution in [3.63, 3.8) is 0 Å². The second-order valence-electron chi connectivity index (χ2n) is 4.25. The smallest absolute Gasteiger partial charge is 0.225 e. The molecular formula is C14H13FN4OS. The van der Waals surface area contributed by atoms with Gasteiger partial charge in [-0.3, -0.25) is 0 Å². The van der Waals surface area contributed by atoms with Gasteiger partial charge >= 0.3 is 0 Å². The van der Waals surface area contributed by atoms with E-state index < -0.39 is 0 Å². The maximum absolute atomic E-state index is 13.3. The molecule has 0 aliphatic rings. The number of hydrogen-bond acceptors (Lipinski definition) is 6. The molecule has 0 aliphatic carbocycles. The van der Waals surface area contributed by atoms with Crippen LogP contribution in [-0.4, -0.2) is 24.1 Å². The predicted octanol–water partition coefficient (Wildman–Crippen LogP) is 3.62. The van der Waals surface area contributed by atoms with Crippen LogP contribution in [0.2, 0.25) is 0 Å². The molecule has 0 saturated carbocycles. The van der Waals surface area contributed by atoms with Crippen LogP contribution in [-0.2, 0) is 0 Å². The number of anilines is 3. The minimum atomic E-state index is -0.350. The summed E-state index contributed by atoms with van der Waals surface area (Å²) in [6.45, 7) is 0. The van der Waals surface area contributed by atoms with Crippen LogP contribution < -0.4 is 15.4 Å². The van der Waals surface area contributed by atoms with Gasteiger partial charge in [0.2, 0.25) is 5.95 Å². The zero-order valence-electron chi connectivity index (χ0n) is 11.5. The molecule has 0 atom stereocenters. The third-order valence-corrected chi connectivity index (χ3v) is 3.77. The number of halogens is 1. The molecule has 0 amide bonds. The quantitative estimate of drug-likeness (QED) is 0.771. The maximum atomic E-state index is 13.3. The lowest BCUT2D eigenvalue weighted by atomic mass is 10.2. The first-order valence-electron chi connectivity index (χ1n) is 6.25. The normalized spacial score (nSPS) is 10.6. The van der Waals surface area contributed by atoms with Gasteiger partial charge in [0.1, 0.15) is 22.2 Å². The molecule has 2 aromatic heterocycles. The Morgan fingerprint density at radius 2 is 2.10 bits per heavy atom. The van der Waals surface area contributed by atoms with Crippen molar-refractivity contribution in [1.29, 1.82) is 0 Å². The van der Waals surface area contributed by atoms with Crippen molar-refractivity contribution in [1.82, 2.24) is 9.97 Å². The Bertz CT molecular complexity index is 790. The summed E-state index contributed by atoms with van der Waals surface area (Å²) in [4.78, 5) is 9.66. The van der Waals surface area contributed by atoms with Crippen molar-refractivity contribution in [2.45, 2.75) is 0 Å². The van der Waals surface area contributed by atoms with Crippen LogP contribution in [0.1, 0.15) is 0 Å². The van der Waals surface area contributed by atoms with E-state index >= 15 is 0 Å². The van der Waals surface area contributed by atoms with Crippen LogP contribution in [0.4, 0.5) is 21.8 Å². The SMILES string of the molecule is CNc1nc(Nc2ccc(F)cc2OC)c2ccsc2n1. The number of nitrogens with one attached hydrogen (secondary N) is 2. The van der Waals surface area contributed by atoms with Crippen LogP contribution >= 0.6 is 11.3 Å². The highest BCUT2D eigenvalue weighted by molar-refractivity contribution is 7.16.